The number of benzene rings is 1. The molecule has 2 aliphatic carbocycles. The highest BCUT2D eigenvalue weighted by Crippen LogP contribution is 2.36. The van der Waals surface area contributed by atoms with Crippen LogP contribution in [0.1, 0.15) is 32.1 Å². The molecule has 0 radical (unpaired) electrons. The van der Waals surface area contributed by atoms with Crippen LogP contribution < -0.4 is 4.74 Å². The molecule has 0 N–H and O–H groups in total. The molecule has 0 atom stereocenters. The zero-order valence-electron chi connectivity index (χ0n) is 17.3. The number of fused-ring (bicyclic) bond motifs is 1. The van der Waals surface area contributed by atoms with Crippen LogP contribution in [0.4, 0.5) is 0 Å². The predicted octanol–water partition coefficient (Wildman–Crippen LogP) is 4.15. The lowest BCUT2D eigenvalue weighted by Gasteiger charge is -2.20. The first-order valence-electron chi connectivity index (χ1n) is 10.2. The molecule has 156 valence electrons. The fourth-order valence-electron chi connectivity index (χ4n) is 4.26. The van der Waals surface area contributed by atoms with Gasteiger partial charge in [-0.2, -0.15) is 0 Å². The molecule has 0 saturated heterocycles. The summed E-state index contributed by atoms with van der Waals surface area (Å²) in [6.45, 7) is 0.549. The summed E-state index contributed by atoms with van der Waals surface area (Å²) in [6, 6.07) is 9.99. The third-order valence-corrected chi connectivity index (χ3v) is 5.93. The second-order valence-electron chi connectivity index (χ2n) is 7.63. The van der Waals surface area contributed by atoms with Gasteiger partial charge in [0.05, 0.1) is 20.8 Å². The van der Waals surface area contributed by atoms with Gasteiger partial charge in [0, 0.05) is 28.8 Å². The largest absolute Gasteiger partial charge is 0.489 e. The minimum atomic E-state index is -0.221. The fourth-order valence-corrected chi connectivity index (χ4v) is 4.26. The van der Waals surface area contributed by atoms with Crippen molar-refractivity contribution in [2.75, 3.05) is 20.8 Å². The van der Waals surface area contributed by atoms with Gasteiger partial charge in [0.15, 0.2) is 0 Å². The first-order valence-corrected chi connectivity index (χ1v) is 10.2. The lowest BCUT2D eigenvalue weighted by molar-refractivity contribution is -0.121. The molecule has 6 nitrogen and oxygen atoms in total. The quantitative estimate of drug-likeness (QED) is 0.670. The molecular formula is C24H25NO5. The van der Waals surface area contributed by atoms with E-state index in [2.05, 4.69) is 4.98 Å². The van der Waals surface area contributed by atoms with E-state index in [1.54, 1.807) is 0 Å². The number of pyridine rings is 1. The number of Topliss-reactive ketones (excluding diaryl/α,β-unsaturated/α-hetero) is 2. The molecule has 1 heterocycles. The number of ketones is 2. The summed E-state index contributed by atoms with van der Waals surface area (Å²) >= 11 is 0. The lowest BCUT2D eigenvalue weighted by Crippen LogP contribution is -2.25. The van der Waals surface area contributed by atoms with Gasteiger partial charge in [0.25, 0.3) is 0 Å². The van der Waals surface area contributed by atoms with Crippen LogP contribution in [0.2, 0.25) is 0 Å². The van der Waals surface area contributed by atoms with Crippen molar-refractivity contribution in [3.05, 3.63) is 59.2 Å². The Morgan fingerprint density at radius 2 is 1.53 bits per heavy atom. The van der Waals surface area contributed by atoms with Crippen LogP contribution in [-0.4, -0.2) is 37.4 Å². The standard InChI is InChI=1S/C24H25NO5/c1-28-23-21(26)18-9-7-15(8-10-19(18)22(27)24(23)29-2)11-12-30-20-13-16-5-3-4-6-17(16)14-25-20/h3-6,13-15H,7-12H2,1-2H3. The van der Waals surface area contributed by atoms with E-state index in [4.69, 9.17) is 14.2 Å². The van der Waals surface area contributed by atoms with Crippen molar-refractivity contribution < 1.29 is 23.8 Å². The molecule has 1 aromatic heterocycles. The number of allylic oxidation sites excluding steroid dienone is 2. The second-order valence-corrected chi connectivity index (χ2v) is 7.63. The van der Waals surface area contributed by atoms with Gasteiger partial charge in [0.2, 0.25) is 29.0 Å². The Hall–Kier alpha value is -3.15. The van der Waals surface area contributed by atoms with E-state index in [-0.39, 0.29) is 23.1 Å². The number of aromatic nitrogens is 1. The van der Waals surface area contributed by atoms with Crippen molar-refractivity contribution >= 4 is 22.3 Å². The van der Waals surface area contributed by atoms with Gasteiger partial charge in [-0.15, -0.1) is 0 Å². The summed E-state index contributed by atoms with van der Waals surface area (Å²) < 4.78 is 16.2. The molecule has 0 fully saturated rings. The first kappa shape index (κ1) is 20.1. The van der Waals surface area contributed by atoms with Gasteiger partial charge in [-0.25, -0.2) is 4.98 Å². The van der Waals surface area contributed by atoms with Crippen molar-refractivity contribution in [1.29, 1.82) is 0 Å². The molecule has 6 heteroatoms. The molecule has 30 heavy (non-hydrogen) atoms. The molecule has 0 amide bonds. The molecule has 0 bridgehead atoms. The SMILES string of the molecule is COC1=C(OC)C(=O)C2=C(CCC(CCOc3cc4ccccc4cn3)CC2)C1=O. The Kier molecular flexibility index (Phi) is 5.84. The smallest absolute Gasteiger partial charge is 0.228 e. The van der Waals surface area contributed by atoms with Gasteiger partial charge in [-0.05, 0) is 43.4 Å². The summed E-state index contributed by atoms with van der Waals surface area (Å²) in [5.41, 5.74) is 1.16. The maximum absolute atomic E-state index is 12.8. The summed E-state index contributed by atoms with van der Waals surface area (Å²) in [7, 11) is 2.78. The highest BCUT2D eigenvalue weighted by atomic mass is 16.5. The van der Waals surface area contributed by atoms with Crippen molar-refractivity contribution in [2.24, 2.45) is 5.92 Å². The molecule has 2 aliphatic rings. The van der Waals surface area contributed by atoms with E-state index in [1.807, 2.05) is 36.5 Å². The number of hydrogen-bond acceptors (Lipinski definition) is 6. The van der Waals surface area contributed by atoms with Gasteiger partial charge in [-0.1, -0.05) is 24.3 Å². The van der Waals surface area contributed by atoms with Crippen LogP contribution >= 0.6 is 0 Å². The van der Waals surface area contributed by atoms with E-state index < -0.39 is 0 Å². The molecule has 0 saturated carbocycles. The number of carbonyl (C=O) groups is 2. The minimum Gasteiger partial charge on any atom is -0.489 e. The molecule has 0 aliphatic heterocycles. The van der Waals surface area contributed by atoms with Crippen LogP contribution in [-0.2, 0) is 19.1 Å². The average molecular weight is 407 g/mol. The van der Waals surface area contributed by atoms with Gasteiger partial charge < -0.3 is 14.2 Å². The molecule has 0 spiro atoms. The zero-order valence-corrected chi connectivity index (χ0v) is 17.3. The Morgan fingerprint density at radius 1 is 0.933 bits per heavy atom. The first-order chi connectivity index (χ1) is 14.6. The van der Waals surface area contributed by atoms with Crippen molar-refractivity contribution in [3.63, 3.8) is 0 Å². The Bertz CT molecular complexity index is 1010. The number of carbonyl (C=O) groups excluding carboxylic acids is 2. The molecule has 2 aromatic rings. The van der Waals surface area contributed by atoms with E-state index in [9.17, 15) is 9.59 Å². The fraction of sp³-hybridized carbons (Fsp3) is 0.375. The molecule has 4 rings (SSSR count). The van der Waals surface area contributed by atoms with Crippen LogP contribution in [0.5, 0.6) is 5.88 Å². The maximum atomic E-state index is 12.8. The van der Waals surface area contributed by atoms with Gasteiger partial charge in [-0.3, -0.25) is 9.59 Å². The number of nitrogens with zero attached hydrogens (tertiary/aromatic N) is 1. The minimum absolute atomic E-state index is 0.0189. The van der Waals surface area contributed by atoms with E-state index in [1.165, 1.54) is 14.2 Å². The third kappa shape index (κ3) is 3.82. The topological polar surface area (TPSA) is 74.7 Å². The number of methoxy groups -OCH3 is 2. The summed E-state index contributed by atoms with van der Waals surface area (Å²) in [5.74, 6) is 0.579. The summed E-state index contributed by atoms with van der Waals surface area (Å²) in [4.78, 5) is 29.9. The van der Waals surface area contributed by atoms with Gasteiger partial charge >= 0.3 is 0 Å². The third-order valence-electron chi connectivity index (χ3n) is 5.93. The molecular weight excluding hydrogens is 382 g/mol. The predicted molar refractivity (Wildman–Crippen MR) is 112 cm³/mol. The Labute approximate surface area is 175 Å². The van der Waals surface area contributed by atoms with Gasteiger partial charge in [0.1, 0.15) is 0 Å². The zero-order chi connectivity index (χ0) is 21.1. The van der Waals surface area contributed by atoms with Crippen LogP contribution in [0.3, 0.4) is 0 Å². The Morgan fingerprint density at radius 3 is 2.13 bits per heavy atom. The summed E-state index contributed by atoms with van der Waals surface area (Å²) in [6.07, 6.45) is 5.49. The highest BCUT2D eigenvalue weighted by molar-refractivity contribution is 6.23. The summed E-state index contributed by atoms with van der Waals surface area (Å²) in [5, 5.41) is 2.18. The van der Waals surface area contributed by atoms with E-state index in [0.29, 0.717) is 42.4 Å². The van der Waals surface area contributed by atoms with Crippen LogP contribution in [0.15, 0.2) is 59.2 Å². The van der Waals surface area contributed by atoms with Crippen molar-refractivity contribution in [2.45, 2.75) is 32.1 Å². The lowest BCUT2D eigenvalue weighted by atomic mass is 9.89. The number of rotatable bonds is 6. The second kappa shape index (κ2) is 8.69. The molecule has 1 aromatic carbocycles. The van der Waals surface area contributed by atoms with Crippen LogP contribution in [0, 0.1) is 5.92 Å². The monoisotopic (exact) mass is 407 g/mol. The highest BCUT2D eigenvalue weighted by Gasteiger charge is 2.37. The van der Waals surface area contributed by atoms with Crippen molar-refractivity contribution in [3.8, 4) is 5.88 Å². The van der Waals surface area contributed by atoms with Crippen molar-refractivity contribution in [1.82, 2.24) is 4.98 Å². The van der Waals surface area contributed by atoms with E-state index in [0.717, 1.165) is 30.0 Å². The number of ether oxygens (including phenoxy) is 3. The molecule has 0 unspecified atom stereocenters. The Balaban J connectivity index is 1.36. The maximum Gasteiger partial charge on any atom is 0.228 e. The van der Waals surface area contributed by atoms with E-state index >= 15 is 0 Å². The average Bonchev–Trinajstić information content (AvgIpc) is 2.99. The van der Waals surface area contributed by atoms with Crippen LogP contribution in [0.25, 0.3) is 10.8 Å². The number of hydrogen-bond donors (Lipinski definition) is 0. The normalized spacial score (nSPS) is 17.8.